The lowest BCUT2D eigenvalue weighted by Crippen LogP contribution is -2.27. The van der Waals surface area contributed by atoms with Crippen LogP contribution in [-0.4, -0.2) is 45.2 Å². The van der Waals surface area contributed by atoms with E-state index >= 15 is 0 Å². The van der Waals surface area contributed by atoms with Gasteiger partial charge in [0.2, 0.25) is 21.5 Å². The molecule has 0 aliphatic heterocycles. The Hall–Kier alpha value is -2.89. The third kappa shape index (κ3) is 4.58. The molecule has 2 aromatic rings. The summed E-state index contributed by atoms with van der Waals surface area (Å²) in [6.45, 7) is 1.55. The van der Waals surface area contributed by atoms with Crippen LogP contribution in [0.2, 0.25) is 0 Å². The average molecular weight is 460 g/mol. The van der Waals surface area contributed by atoms with E-state index in [0.29, 0.717) is 29.3 Å². The van der Waals surface area contributed by atoms with Gasteiger partial charge in [-0.15, -0.1) is 0 Å². The maximum Gasteiger partial charge on any atom is 0.416 e. The van der Waals surface area contributed by atoms with Crippen LogP contribution in [0.5, 0.6) is 0 Å². The van der Waals surface area contributed by atoms with Crippen LogP contribution in [0.15, 0.2) is 22.7 Å². The molecule has 3 rings (SSSR count). The summed E-state index contributed by atoms with van der Waals surface area (Å²) in [6, 6.07) is 2.12. The second-order valence-electron chi connectivity index (χ2n) is 7.05. The molecule has 1 saturated carbocycles. The van der Waals surface area contributed by atoms with Crippen LogP contribution in [-0.2, 0) is 20.9 Å². The molecule has 0 unspecified atom stereocenters. The summed E-state index contributed by atoms with van der Waals surface area (Å²) in [5, 5.41) is 3.64. The van der Waals surface area contributed by atoms with E-state index < -0.39 is 44.9 Å². The Kier molecular flexibility index (Phi) is 5.87. The molecule has 0 radical (unpaired) electrons. The molecule has 0 amide bonds. The molecule has 1 aromatic heterocycles. The minimum Gasteiger partial charge on any atom is -0.461 e. The van der Waals surface area contributed by atoms with Crippen LogP contribution in [0.1, 0.15) is 63.4 Å². The number of nitrogens with zero attached hydrogens (tertiary/aromatic N) is 2. The number of sulfonamides is 1. The zero-order chi connectivity index (χ0) is 23.1. The molecule has 1 heterocycles. The molecule has 1 aliphatic rings. The number of halogens is 3. The monoisotopic (exact) mass is 460 g/mol. The molecule has 0 spiro atoms. The van der Waals surface area contributed by atoms with Gasteiger partial charge in [-0.3, -0.25) is 9.10 Å². The lowest BCUT2D eigenvalue weighted by molar-refractivity contribution is -0.137. The maximum absolute atomic E-state index is 13.4. The van der Waals surface area contributed by atoms with Crippen LogP contribution < -0.4 is 4.31 Å². The van der Waals surface area contributed by atoms with Crippen molar-refractivity contribution in [1.29, 1.82) is 0 Å². The van der Waals surface area contributed by atoms with Crippen LogP contribution in [0, 0.1) is 0 Å². The van der Waals surface area contributed by atoms with E-state index in [9.17, 15) is 31.2 Å². The quantitative estimate of drug-likeness (QED) is 0.461. The molecule has 12 heteroatoms. The predicted octanol–water partition coefficient (Wildman–Crippen LogP) is 3.37. The molecule has 0 bridgehead atoms. The predicted molar refractivity (Wildman–Crippen MR) is 103 cm³/mol. The highest BCUT2D eigenvalue weighted by atomic mass is 32.2. The molecular weight excluding hydrogens is 441 g/mol. The van der Waals surface area contributed by atoms with Gasteiger partial charge in [-0.2, -0.15) is 13.2 Å². The summed E-state index contributed by atoms with van der Waals surface area (Å²) < 4.78 is 74.4. The van der Waals surface area contributed by atoms with Crippen molar-refractivity contribution in [2.45, 2.75) is 31.9 Å². The first-order chi connectivity index (χ1) is 14.4. The van der Waals surface area contributed by atoms with E-state index in [0.717, 1.165) is 19.4 Å². The van der Waals surface area contributed by atoms with Gasteiger partial charge in [0.25, 0.3) is 0 Å². The van der Waals surface area contributed by atoms with E-state index in [1.54, 1.807) is 6.92 Å². The lowest BCUT2D eigenvalue weighted by atomic mass is 9.97. The number of esters is 1. The van der Waals surface area contributed by atoms with Crippen molar-refractivity contribution in [2.24, 2.45) is 0 Å². The van der Waals surface area contributed by atoms with Gasteiger partial charge in [0.1, 0.15) is 5.56 Å². The number of benzene rings is 1. The van der Waals surface area contributed by atoms with E-state index in [-0.39, 0.29) is 29.4 Å². The molecule has 168 valence electrons. The van der Waals surface area contributed by atoms with Gasteiger partial charge in [0.15, 0.2) is 5.76 Å². The van der Waals surface area contributed by atoms with Gasteiger partial charge < -0.3 is 9.26 Å². The second-order valence-corrected chi connectivity index (χ2v) is 9.07. The summed E-state index contributed by atoms with van der Waals surface area (Å²) in [5.41, 5.74) is -2.60. The van der Waals surface area contributed by atoms with Crippen molar-refractivity contribution < 1.29 is 40.4 Å². The number of ether oxygens (including phenoxy) is 1. The first-order valence-electron chi connectivity index (χ1n) is 9.22. The Balaban J connectivity index is 2.20. The number of carbonyl (C=O) groups excluding carboxylic acids is 2. The number of hydrogen-bond acceptors (Lipinski definition) is 7. The summed E-state index contributed by atoms with van der Waals surface area (Å²) in [5.74, 6) is -1.85. The maximum atomic E-state index is 13.4. The van der Waals surface area contributed by atoms with Gasteiger partial charge in [0, 0.05) is 18.5 Å². The molecule has 0 atom stereocenters. The third-order valence-corrected chi connectivity index (χ3v) is 5.96. The van der Waals surface area contributed by atoms with Crippen molar-refractivity contribution in [2.75, 3.05) is 24.2 Å². The molecule has 31 heavy (non-hydrogen) atoms. The highest BCUT2D eigenvalue weighted by Gasteiger charge is 2.39. The smallest absolute Gasteiger partial charge is 0.416 e. The van der Waals surface area contributed by atoms with Crippen LogP contribution >= 0.6 is 0 Å². The number of aromatic nitrogens is 1. The number of anilines is 1. The summed E-state index contributed by atoms with van der Waals surface area (Å²) in [6.07, 6.45) is -2.61. The first-order valence-corrected chi connectivity index (χ1v) is 11.1. The van der Waals surface area contributed by atoms with Gasteiger partial charge in [-0.05, 0) is 38.0 Å². The Bertz CT molecular complexity index is 1140. The molecular formula is C19H19F3N2O6S. The fourth-order valence-electron chi connectivity index (χ4n) is 2.96. The summed E-state index contributed by atoms with van der Waals surface area (Å²) >= 11 is 0. The molecule has 1 aromatic carbocycles. The van der Waals surface area contributed by atoms with E-state index in [4.69, 9.17) is 9.26 Å². The van der Waals surface area contributed by atoms with Crippen LogP contribution in [0.3, 0.4) is 0 Å². The fraction of sp³-hybridized carbons (Fsp3) is 0.421. The number of ketones is 1. The fourth-order valence-corrected chi connectivity index (χ4v) is 3.47. The van der Waals surface area contributed by atoms with E-state index in [1.807, 2.05) is 0 Å². The van der Waals surface area contributed by atoms with E-state index in [1.165, 1.54) is 0 Å². The van der Waals surface area contributed by atoms with Crippen LogP contribution in [0.4, 0.5) is 18.9 Å². The Morgan fingerprint density at radius 1 is 1.29 bits per heavy atom. The zero-order valence-corrected chi connectivity index (χ0v) is 17.6. The minimum absolute atomic E-state index is 0.000428. The van der Waals surface area contributed by atoms with Gasteiger partial charge in [0.05, 0.1) is 24.1 Å². The van der Waals surface area contributed by atoms with E-state index in [2.05, 4.69) is 5.16 Å². The molecule has 0 N–H and O–H groups in total. The number of alkyl halides is 3. The van der Waals surface area contributed by atoms with Crippen molar-refractivity contribution in [3.8, 4) is 0 Å². The molecule has 0 saturated heterocycles. The van der Waals surface area contributed by atoms with Gasteiger partial charge in [-0.1, -0.05) is 5.16 Å². The Labute approximate surface area is 176 Å². The van der Waals surface area contributed by atoms with Crippen molar-refractivity contribution >= 4 is 27.5 Å². The molecule has 1 fully saturated rings. The van der Waals surface area contributed by atoms with Crippen molar-refractivity contribution in [3.63, 3.8) is 0 Å². The summed E-state index contributed by atoms with van der Waals surface area (Å²) in [7, 11) is -2.98. The Morgan fingerprint density at radius 3 is 2.45 bits per heavy atom. The van der Waals surface area contributed by atoms with Gasteiger partial charge >= 0.3 is 12.1 Å². The lowest BCUT2D eigenvalue weighted by Gasteiger charge is -2.21. The van der Waals surface area contributed by atoms with Crippen molar-refractivity contribution in [1.82, 2.24) is 5.16 Å². The first kappa shape index (κ1) is 22.8. The topological polar surface area (TPSA) is 107 Å². The third-order valence-electron chi connectivity index (χ3n) is 4.77. The number of hydrogen-bond donors (Lipinski definition) is 0. The standard InChI is InChI=1S/C19H19F3N2O6S/c1-4-29-18(26)15-14(17(30-23-15)10-5-6-10)16(25)12-8-7-11(19(20,21)22)9-13(12)24(2)31(3,27)28/h7-10H,4-6H2,1-3H3. The number of rotatable bonds is 7. The highest BCUT2D eigenvalue weighted by Crippen LogP contribution is 2.44. The molecule has 8 nitrogen and oxygen atoms in total. The zero-order valence-electron chi connectivity index (χ0n) is 16.8. The normalized spacial score (nSPS) is 14.4. The largest absolute Gasteiger partial charge is 0.461 e. The Morgan fingerprint density at radius 2 is 1.94 bits per heavy atom. The van der Waals surface area contributed by atoms with Crippen LogP contribution in [0.25, 0.3) is 0 Å². The van der Waals surface area contributed by atoms with Crippen molar-refractivity contribution in [3.05, 3.63) is 46.3 Å². The minimum atomic E-state index is -4.76. The highest BCUT2D eigenvalue weighted by molar-refractivity contribution is 7.92. The molecule has 1 aliphatic carbocycles. The SMILES string of the molecule is CCOC(=O)c1noc(C2CC2)c1C(=O)c1ccc(C(F)(F)F)cc1N(C)S(C)(=O)=O. The van der Waals surface area contributed by atoms with Gasteiger partial charge in [-0.25, -0.2) is 13.2 Å². The summed E-state index contributed by atoms with van der Waals surface area (Å²) in [4.78, 5) is 25.7. The second kappa shape index (κ2) is 7.98. The number of carbonyl (C=O) groups is 2. The average Bonchev–Trinajstić information content (AvgIpc) is 3.43.